The van der Waals surface area contributed by atoms with Gasteiger partial charge in [0.1, 0.15) is 5.75 Å². The molecule has 110 valence electrons. The molecule has 0 radical (unpaired) electrons. The van der Waals surface area contributed by atoms with Crippen LogP contribution in [0.2, 0.25) is 5.02 Å². The predicted molar refractivity (Wildman–Crippen MR) is 74.7 cm³/mol. The summed E-state index contributed by atoms with van der Waals surface area (Å²) in [6.07, 6.45) is 4.36. The van der Waals surface area contributed by atoms with Crippen LogP contribution in [0, 0.1) is 0 Å². The number of alkyl halides is 2. The van der Waals surface area contributed by atoms with Crippen molar-refractivity contribution in [1.82, 2.24) is 9.78 Å². The minimum absolute atomic E-state index is 0.000193. The van der Waals surface area contributed by atoms with Crippen LogP contribution in [0.5, 0.6) is 5.75 Å². The Bertz CT molecular complexity index is 647. The van der Waals surface area contributed by atoms with E-state index < -0.39 is 6.61 Å². The fraction of sp³-hybridized carbons (Fsp3) is 0.143. The van der Waals surface area contributed by atoms with Gasteiger partial charge in [-0.2, -0.15) is 13.9 Å². The van der Waals surface area contributed by atoms with Gasteiger partial charge < -0.3 is 4.74 Å². The van der Waals surface area contributed by atoms with Crippen LogP contribution in [0.25, 0.3) is 6.08 Å². The molecule has 1 aromatic carbocycles. The zero-order valence-corrected chi connectivity index (χ0v) is 11.7. The van der Waals surface area contributed by atoms with Gasteiger partial charge >= 0.3 is 6.61 Å². The van der Waals surface area contributed by atoms with Crippen molar-refractivity contribution in [3.05, 3.63) is 52.8 Å². The number of aryl methyl sites for hydroxylation is 1. The van der Waals surface area contributed by atoms with Gasteiger partial charge in [0, 0.05) is 12.6 Å². The molecule has 0 aliphatic carbocycles. The first-order valence-corrected chi connectivity index (χ1v) is 6.30. The third-order valence-corrected chi connectivity index (χ3v) is 2.99. The number of hydrogen-bond donors (Lipinski definition) is 0. The van der Waals surface area contributed by atoms with Crippen LogP contribution in [-0.2, 0) is 7.05 Å². The lowest BCUT2D eigenvalue weighted by molar-refractivity contribution is -0.0498. The molecule has 0 bridgehead atoms. The van der Waals surface area contributed by atoms with Gasteiger partial charge in [0.05, 0.1) is 16.9 Å². The molecule has 0 saturated carbocycles. The summed E-state index contributed by atoms with van der Waals surface area (Å²) in [7, 11) is 1.70. The molecular formula is C14H11ClF2N2O2. The van der Waals surface area contributed by atoms with Gasteiger partial charge in [0.2, 0.25) is 0 Å². The summed E-state index contributed by atoms with van der Waals surface area (Å²) in [4.78, 5) is 11.9. The number of benzene rings is 1. The van der Waals surface area contributed by atoms with E-state index in [1.807, 2.05) is 0 Å². The van der Waals surface area contributed by atoms with E-state index in [1.165, 1.54) is 41.2 Å². The molecule has 0 fully saturated rings. The molecule has 1 aromatic heterocycles. The minimum Gasteiger partial charge on any atom is -0.435 e. The molecular weight excluding hydrogens is 302 g/mol. The number of aromatic nitrogens is 2. The van der Waals surface area contributed by atoms with Gasteiger partial charge in [-0.05, 0) is 36.4 Å². The summed E-state index contributed by atoms with van der Waals surface area (Å²) in [5.41, 5.74) is 0.953. The SMILES string of the molecule is Cn1ncc(Cl)c1/C=C/C(=O)c1ccc(OC(F)F)cc1. The van der Waals surface area contributed by atoms with Crippen molar-refractivity contribution >= 4 is 23.5 Å². The predicted octanol–water partition coefficient (Wildman–Crippen LogP) is 3.57. The molecule has 0 N–H and O–H groups in total. The first-order chi connectivity index (χ1) is 9.97. The minimum atomic E-state index is -2.89. The van der Waals surface area contributed by atoms with Crippen LogP contribution in [0.1, 0.15) is 16.1 Å². The summed E-state index contributed by atoms with van der Waals surface area (Å²) < 4.78 is 29.8. The summed E-state index contributed by atoms with van der Waals surface area (Å²) in [6, 6.07) is 5.44. The number of hydrogen-bond acceptors (Lipinski definition) is 3. The van der Waals surface area contributed by atoms with Crippen LogP contribution in [0.15, 0.2) is 36.5 Å². The van der Waals surface area contributed by atoms with Crippen molar-refractivity contribution in [2.45, 2.75) is 6.61 Å². The third kappa shape index (κ3) is 3.88. The van der Waals surface area contributed by atoms with E-state index in [4.69, 9.17) is 11.6 Å². The maximum atomic E-state index is 12.0. The molecule has 7 heteroatoms. The lowest BCUT2D eigenvalue weighted by Crippen LogP contribution is -2.02. The average Bonchev–Trinajstić information content (AvgIpc) is 2.75. The molecule has 2 rings (SSSR count). The zero-order chi connectivity index (χ0) is 15.4. The Labute approximate surface area is 124 Å². The van der Waals surface area contributed by atoms with Crippen LogP contribution >= 0.6 is 11.6 Å². The Kier molecular flexibility index (Phi) is 4.70. The maximum Gasteiger partial charge on any atom is 0.387 e. The Balaban J connectivity index is 2.10. The second kappa shape index (κ2) is 6.49. The highest BCUT2D eigenvalue weighted by Crippen LogP contribution is 2.18. The van der Waals surface area contributed by atoms with Crippen molar-refractivity contribution in [2.75, 3.05) is 0 Å². The van der Waals surface area contributed by atoms with Crippen LogP contribution < -0.4 is 4.74 Å². The van der Waals surface area contributed by atoms with Crippen molar-refractivity contribution < 1.29 is 18.3 Å². The highest BCUT2D eigenvalue weighted by Gasteiger charge is 2.07. The molecule has 0 saturated heterocycles. The van der Waals surface area contributed by atoms with Gasteiger partial charge in [0.25, 0.3) is 0 Å². The molecule has 0 atom stereocenters. The van der Waals surface area contributed by atoms with E-state index in [1.54, 1.807) is 13.1 Å². The number of carbonyl (C=O) groups is 1. The van der Waals surface area contributed by atoms with E-state index in [0.717, 1.165) is 0 Å². The number of halogens is 3. The van der Waals surface area contributed by atoms with Crippen LogP contribution in [0.3, 0.4) is 0 Å². The van der Waals surface area contributed by atoms with E-state index >= 15 is 0 Å². The zero-order valence-electron chi connectivity index (χ0n) is 11.0. The van der Waals surface area contributed by atoms with Crippen LogP contribution in [-0.4, -0.2) is 22.2 Å². The van der Waals surface area contributed by atoms with Gasteiger partial charge in [0.15, 0.2) is 5.78 Å². The number of allylic oxidation sites excluding steroid dienone is 1. The van der Waals surface area contributed by atoms with Crippen molar-refractivity contribution in [3.63, 3.8) is 0 Å². The van der Waals surface area contributed by atoms with Crippen molar-refractivity contribution in [2.24, 2.45) is 7.05 Å². The molecule has 21 heavy (non-hydrogen) atoms. The Morgan fingerprint density at radius 2 is 2.05 bits per heavy atom. The van der Waals surface area contributed by atoms with Gasteiger partial charge in [-0.3, -0.25) is 9.48 Å². The monoisotopic (exact) mass is 312 g/mol. The molecule has 4 nitrogen and oxygen atoms in total. The van der Waals surface area contributed by atoms with E-state index in [2.05, 4.69) is 9.84 Å². The highest BCUT2D eigenvalue weighted by atomic mass is 35.5. The fourth-order valence-electron chi connectivity index (χ4n) is 1.66. The standard InChI is InChI=1S/C14H11ClF2N2O2/c1-19-12(11(15)8-18-19)6-7-13(20)9-2-4-10(5-3-9)21-14(16)17/h2-8,14H,1H3/b7-6+. The largest absolute Gasteiger partial charge is 0.435 e. The fourth-order valence-corrected chi connectivity index (χ4v) is 1.89. The highest BCUT2D eigenvalue weighted by molar-refractivity contribution is 6.31. The Hall–Kier alpha value is -2.21. The van der Waals surface area contributed by atoms with Gasteiger partial charge in [-0.1, -0.05) is 11.6 Å². The van der Waals surface area contributed by atoms with Gasteiger partial charge in [-0.25, -0.2) is 0 Å². The molecule has 1 heterocycles. The summed E-state index contributed by atoms with van der Waals surface area (Å²) in [5.74, 6) is -0.281. The number of carbonyl (C=O) groups excluding carboxylic acids is 1. The van der Waals surface area contributed by atoms with Crippen LogP contribution in [0.4, 0.5) is 8.78 Å². The molecule has 0 spiro atoms. The lowest BCUT2D eigenvalue weighted by atomic mass is 10.1. The van der Waals surface area contributed by atoms with E-state index in [9.17, 15) is 13.6 Å². The number of rotatable bonds is 5. The smallest absolute Gasteiger partial charge is 0.387 e. The maximum absolute atomic E-state index is 12.0. The molecule has 2 aromatic rings. The third-order valence-electron chi connectivity index (χ3n) is 2.69. The molecule has 0 unspecified atom stereocenters. The summed E-state index contributed by atoms with van der Waals surface area (Å²) in [5, 5.41) is 4.37. The Morgan fingerprint density at radius 3 is 2.57 bits per heavy atom. The number of nitrogens with zero attached hydrogens (tertiary/aromatic N) is 2. The summed E-state index contributed by atoms with van der Waals surface area (Å²) >= 11 is 5.91. The lowest BCUT2D eigenvalue weighted by Gasteiger charge is -2.04. The molecule has 0 aliphatic heterocycles. The average molecular weight is 313 g/mol. The van der Waals surface area contributed by atoms with Crippen molar-refractivity contribution in [1.29, 1.82) is 0 Å². The molecule has 0 aliphatic rings. The van der Waals surface area contributed by atoms with Crippen molar-refractivity contribution in [3.8, 4) is 5.75 Å². The second-order valence-corrected chi connectivity index (χ2v) is 4.51. The summed E-state index contributed by atoms with van der Waals surface area (Å²) in [6.45, 7) is -2.89. The Morgan fingerprint density at radius 1 is 1.38 bits per heavy atom. The normalized spacial score (nSPS) is 11.3. The molecule has 0 amide bonds. The van der Waals surface area contributed by atoms with E-state index in [0.29, 0.717) is 16.3 Å². The second-order valence-electron chi connectivity index (χ2n) is 4.10. The number of ketones is 1. The number of ether oxygens (including phenoxy) is 1. The van der Waals surface area contributed by atoms with Gasteiger partial charge in [-0.15, -0.1) is 0 Å². The first-order valence-electron chi connectivity index (χ1n) is 5.92. The first kappa shape index (κ1) is 15.2. The quantitative estimate of drug-likeness (QED) is 0.626. The van der Waals surface area contributed by atoms with E-state index in [-0.39, 0.29) is 11.5 Å². The topological polar surface area (TPSA) is 44.1 Å².